The van der Waals surface area contributed by atoms with Gasteiger partial charge in [-0.25, -0.2) is 9.78 Å². The molecule has 0 radical (unpaired) electrons. The van der Waals surface area contributed by atoms with Crippen LogP contribution in [0.3, 0.4) is 0 Å². The van der Waals surface area contributed by atoms with Crippen molar-refractivity contribution in [3.63, 3.8) is 0 Å². The van der Waals surface area contributed by atoms with Crippen LogP contribution in [0.4, 0.5) is 18.0 Å². The van der Waals surface area contributed by atoms with Crippen LogP contribution in [0, 0.1) is 0 Å². The number of nitrogens with one attached hydrogen (secondary N) is 2. The molecule has 0 unspecified atom stereocenters. The molecule has 2 aromatic carbocycles. The first kappa shape index (κ1) is 20.7. The molecule has 1 atom stereocenters. The zero-order valence-corrected chi connectivity index (χ0v) is 16.1. The van der Waals surface area contributed by atoms with Crippen LogP contribution in [0.2, 0.25) is 5.02 Å². The standard InChI is InChI=1S/C20H18ClF3N4O/c1-28-10-9-25-18(28)17(14-5-7-16(21)8-6-14)27-19(29)26-12-13-3-2-4-15(11-13)20(22,23)24/h2-11,17H,12H2,1H3,(H2,26,27,29)/t17-/m0/s1. The van der Waals surface area contributed by atoms with E-state index in [1.54, 1.807) is 48.3 Å². The van der Waals surface area contributed by atoms with E-state index >= 15 is 0 Å². The van der Waals surface area contributed by atoms with Crippen LogP contribution in [0.25, 0.3) is 0 Å². The average molecular weight is 423 g/mol. The third-order valence-electron chi connectivity index (χ3n) is 4.30. The quantitative estimate of drug-likeness (QED) is 0.627. The molecule has 5 nitrogen and oxygen atoms in total. The highest BCUT2D eigenvalue weighted by Crippen LogP contribution is 2.29. The number of rotatable bonds is 5. The van der Waals surface area contributed by atoms with Crippen molar-refractivity contribution in [3.8, 4) is 0 Å². The molecule has 0 bridgehead atoms. The largest absolute Gasteiger partial charge is 0.416 e. The number of amides is 2. The monoisotopic (exact) mass is 422 g/mol. The summed E-state index contributed by atoms with van der Waals surface area (Å²) < 4.78 is 40.3. The zero-order chi connectivity index (χ0) is 21.0. The number of hydrogen-bond acceptors (Lipinski definition) is 2. The Labute approximate surface area is 170 Å². The normalized spacial score (nSPS) is 12.4. The van der Waals surface area contributed by atoms with E-state index in [1.807, 2.05) is 0 Å². The summed E-state index contributed by atoms with van der Waals surface area (Å²) in [5.74, 6) is 0.599. The van der Waals surface area contributed by atoms with E-state index < -0.39 is 23.8 Å². The summed E-state index contributed by atoms with van der Waals surface area (Å²) in [6.45, 7) is -0.0519. The maximum Gasteiger partial charge on any atom is 0.416 e. The molecule has 0 spiro atoms. The first-order valence-electron chi connectivity index (χ1n) is 8.67. The summed E-state index contributed by atoms with van der Waals surface area (Å²) >= 11 is 5.94. The van der Waals surface area contributed by atoms with Crippen molar-refractivity contribution in [2.24, 2.45) is 7.05 Å². The second kappa shape index (κ2) is 8.57. The lowest BCUT2D eigenvalue weighted by Gasteiger charge is -2.20. The Bertz CT molecular complexity index is 986. The molecule has 9 heteroatoms. The van der Waals surface area contributed by atoms with Gasteiger partial charge in [-0.1, -0.05) is 35.9 Å². The van der Waals surface area contributed by atoms with Gasteiger partial charge in [-0.2, -0.15) is 13.2 Å². The Morgan fingerprint density at radius 1 is 1.21 bits per heavy atom. The van der Waals surface area contributed by atoms with Crippen molar-refractivity contribution in [1.29, 1.82) is 0 Å². The molecule has 152 valence electrons. The van der Waals surface area contributed by atoms with Crippen LogP contribution in [-0.2, 0) is 19.8 Å². The molecule has 2 amide bonds. The zero-order valence-electron chi connectivity index (χ0n) is 15.4. The van der Waals surface area contributed by atoms with Crippen LogP contribution in [-0.4, -0.2) is 15.6 Å². The highest BCUT2D eigenvalue weighted by molar-refractivity contribution is 6.30. The minimum Gasteiger partial charge on any atom is -0.336 e. The summed E-state index contributed by atoms with van der Waals surface area (Å²) in [7, 11) is 1.80. The molecular weight excluding hydrogens is 405 g/mol. The molecule has 3 aromatic rings. The van der Waals surface area contributed by atoms with E-state index in [4.69, 9.17) is 11.6 Å². The fourth-order valence-corrected chi connectivity index (χ4v) is 2.96. The molecule has 3 rings (SSSR count). The molecule has 0 saturated heterocycles. The second-order valence-electron chi connectivity index (χ2n) is 6.41. The predicted molar refractivity (Wildman–Crippen MR) is 103 cm³/mol. The molecule has 0 aliphatic rings. The predicted octanol–water partition coefficient (Wildman–Crippen LogP) is 4.68. The van der Waals surface area contributed by atoms with Crippen molar-refractivity contribution in [2.75, 3.05) is 0 Å². The highest BCUT2D eigenvalue weighted by atomic mass is 35.5. The number of carbonyl (C=O) groups excluding carboxylic acids is 1. The third-order valence-corrected chi connectivity index (χ3v) is 4.55. The summed E-state index contributed by atoms with van der Waals surface area (Å²) in [6, 6.07) is 10.7. The minimum atomic E-state index is -4.43. The number of aryl methyl sites for hydroxylation is 1. The third kappa shape index (κ3) is 5.29. The minimum absolute atomic E-state index is 0.0519. The maximum atomic E-state index is 12.8. The van der Waals surface area contributed by atoms with E-state index in [0.29, 0.717) is 16.4 Å². The molecule has 1 aromatic heterocycles. The lowest BCUT2D eigenvalue weighted by molar-refractivity contribution is -0.137. The maximum absolute atomic E-state index is 12.8. The Hall–Kier alpha value is -3.00. The fraction of sp³-hybridized carbons (Fsp3) is 0.200. The van der Waals surface area contributed by atoms with Gasteiger partial charge in [0.25, 0.3) is 0 Å². The van der Waals surface area contributed by atoms with E-state index in [0.717, 1.165) is 17.7 Å². The summed E-state index contributed by atoms with van der Waals surface area (Å²) in [6.07, 6.45) is -1.07. The molecular formula is C20H18ClF3N4O. The number of nitrogens with zero attached hydrogens (tertiary/aromatic N) is 2. The van der Waals surface area contributed by atoms with Gasteiger partial charge in [0.15, 0.2) is 0 Å². The molecule has 0 aliphatic heterocycles. The first-order chi connectivity index (χ1) is 13.7. The summed E-state index contributed by atoms with van der Waals surface area (Å²) in [4.78, 5) is 16.7. The number of hydrogen-bond donors (Lipinski definition) is 2. The summed E-state index contributed by atoms with van der Waals surface area (Å²) in [5, 5.41) is 5.96. The van der Waals surface area contributed by atoms with Gasteiger partial charge in [0.1, 0.15) is 11.9 Å². The van der Waals surface area contributed by atoms with Crippen molar-refractivity contribution in [3.05, 3.63) is 88.5 Å². The van der Waals surface area contributed by atoms with Crippen LogP contribution in [0.15, 0.2) is 60.9 Å². The Balaban J connectivity index is 1.72. The second-order valence-corrected chi connectivity index (χ2v) is 6.84. The van der Waals surface area contributed by atoms with E-state index in [9.17, 15) is 18.0 Å². The van der Waals surface area contributed by atoms with E-state index in [2.05, 4.69) is 15.6 Å². The topological polar surface area (TPSA) is 59.0 Å². The van der Waals surface area contributed by atoms with E-state index in [1.165, 1.54) is 12.1 Å². The van der Waals surface area contributed by atoms with Gasteiger partial charge in [-0.3, -0.25) is 0 Å². The number of aromatic nitrogens is 2. The Kier molecular flexibility index (Phi) is 6.12. The summed E-state index contributed by atoms with van der Waals surface area (Å²) in [5.41, 5.74) is 0.345. The van der Waals surface area contributed by atoms with Gasteiger partial charge >= 0.3 is 12.2 Å². The number of benzene rings is 2. The molecule has 1 heterocycles. The molecule has 0 aliphatic carbocycles. The smallest absolute Gasteiger partial charge is 0.336 e. The van der Waals surface area contributed by atoms with Crippen molar-refractivity contribution < 1.29 is 18.0 Å². The van der Waals surface area contributed by atoms with E-state index in [-0.39, 0.29) is 6.54 Å². The fourth-order valence-electron chi connectivity index (χ4n) is 2.83. The van der Waals surface area contributed by atoms with Crippen LogP contribution in [0.5, 0.6) is 0 Å². The van der Waals surface area contributed by atoms with Crippen LogP contribution >= 0.6 is 11.6 Å². The first-order valence-corrected chi connectivity index (χ1v) is 9.05. The van der Waals surface area contributed by atoms with Gasteiger partial charge in [0.2, 0.25) is 0 Å². The van der Waals surface area contributed by atoms with Gasteiger partial charge in [0, 0.05) is 31.0 Å². The number of halogens is 4. The lowest BCUT2D eigenvalue weighted by atomic mass is 10.1. The van der Waals surface area contributed by atoms with Crippen LogP contribution in [0.1, 0.15) is 28.6 Å². The molecule has 0 saturated carbocycles. The van der Waals surface area contributed by atoms with Gasteiger partial charge < -0.3 is 15.2 Å². The van der Waals surface area contributed by atoms with Crippen molar-refractivity contribution in [1.82, 2.24) is 20.2 Å². The molecule has 29 heavy (non-hydrogen) atoms. The number of alkyl halides is 3. The van der Waals surface area contributed by atoms with Crippen molar-refractivity contribution >= 4 is 17.6 Å². The molecule has 0 fully saturated rings. The number of imidazole rings is 1. The lowest BCUT2D eigenvalue weighted by Crippen LogP contribution is -2.39. The average Bonchev–Trinajstić information content (AvgIpc) is 3.10. The SMILES string of the molecule is Cn1ccnc1[C@@H](NC(=O)NCc1cccc(C(F)(F)F)c1)c1ccc(Cl)cc1. The highest BCUT2D eigenvalue weighted by Gasteiger charge is 2.30. The molecule has 2 N–H and O–H groups in total. The van der Waals surface area contributed by atoms with Gasteiger partial charge in [0.05, 0.1) is 5.56 Å². The van der Waals surface area contributed by atoms with Gasteiger partial charge in [-0.15, -0.1) is 0 Å². The number of carbonyl (C=O) groups is 1. The Morgan fingerprint density at radius 2 is 1.93 bits per heavy atom. The Morgan fingerprint density at radius 3 is 2.55 bits per heavy atom. The van der Waals surface area contributed by atoms with Gasteiger partial charge in [-0.05, 0) is 35.4 Å². The van der Waals surface area contributed by atoms with Crippen LogP contribution < -0.4 is 10.6 Å². The van der Waals surface area contributed by atoms with Crippen molar-refractivity contribution in [2.45, 2.75) is 18.8 Å². The number of urea groups is 1.